The van der Waals surface area contributed by atoms with Crippen LogP contribution in [-0.2, 0) is 14.3 Å². The zero-order valence-corrected chi connectivity index (χ0v) is 11.6. The molecule has 1 amide bonds. The quantitative estimate of drug-likeness (QED) is 0.718. The zero-order valence-electron chi connectivity index (χ0n) is 11.6. The maximum absolute atomic E-state index is 12.0. The standard InChI is InChI=1S/C13H24N2O3/c1-4-18-12(16)9-10(2)14-11(3)13(17)15-7-5-6-8-15/h10-11,14H,4-9H2,1-3H3. The Balaban J connectivity index is 2.31. The molecule has 0 radical (unpaired) electrons. The lowest BCUT2D eigenvalue weighted by molar-refractivity contribution is -0.144. The molecule has 0 aromatic carbocycles. The molecule has 0 aliphatic carbocycles. The van der Waals surface area contributed by atoms with E-state index in [1.54, 1.807) is 6.92 Å². The van der Waals surface area contributed by atoms with Gasteiger partial charge in [-0.15, -0.1) is 0 Å². The van der Waals surface area contributed by atoms with Gasteiger partial charge in [-0.05, 0) is 33.6 Å². The molecule has 2 unspecified atom stereocenters. The van der Waals surface area contributed by atoms with Crippen molar-refractivity contribution in [2.45, 2.75) is 52.1 Å². The smallest absolute Gasteiger partial charge is 0.307 e. The Morgan fingerprint density at radius 1 is 1.28 bits per heavy atom. The van der Waals surface area contributed by atoms with Crippen LogP contribution < -0.4 is 5.32 Å². The molecule has 0 saturated carbocycles. The van der Waals surface area contributed by atoms with Gasteiger partial charge in [0.2, 0.25) is 5.91 Å². The highest BCUT2D eigenvalue weighted by Gasteiger charge is 2.24. The zero-order chi connectivity index (χ0) is 13.5. The Hall–Kier alpha value is -1.10. The molecular formula is C13H24N2O3. The Labute approximate surface area is 109 Å². The monoisotopic (exact) mass is 256 g/mol. The van der Waals surface area contributed by atoms with Crippen molar-refractivity contribution in [1.82, 2.24) is 10.2 Å². The number of nitrogens with one attached hydrogen (secondary N) is 1. The van der Waals surface area contributed by atoms with Gasteiger partial charge in [-0.3, -0.25) is 9.59 Å². The van der Waals surface area contributed by atoms with E-state index in [4.69, 9.17) is 4.74 Å². The summed E-state index contributed by atoms with van der Waals surface area (Å²) >= 11 is 0. The van der Waals surface area contributed by atoms with Crippen LogP contribution in [-0.4, -0.2) is 48.6 Å². The summed E-state index contributed by atoms with van der Waals surface area (Å²) in [4.78, 5) is 25.2. The lowest BCUT2D eigenvalue weighted by Gasteiger charge is -2.23. The van der Waals surface area contributed by atoms with Gasteiger partial charge in [0.15, 0.2) is 0 Å². The maximum Gasteiger partial charge on any atom is 0.307 e. The average molecular weight is 256 g/mol. The lowest BCUT2D eigenvalue weighted by atomic mass is 10.2. The Bertz CT molecular complexity index is 288. The van der Waals surface area contributed by atoms with Crippen molar-refractivity contribution < 1.29 is 14.3 Å². The van der Waals surface area contributed by atoms with Crippen LogP contribution in [0.1, 0.15) is 40.0 Å². The highest BCUT2D eigenvalue weighted by atomic mass is 16.5. The van der Waals surface area contributed by atoms with Gasteiger partial charge in [0.1, 0.15) is 0 Å². The summed E-state index contributed by atoms with van der Waals surface area (Å²) in [6.45, 7) is 7.64. The third-order valence-corrected chi connectivity index (χ3v) is 3.10. The van der Waals surface area contributed by atoms with Gasteiger partial charge in [-0.1, -0.05) is 0 Å². The number of hydrogen-bond acceptors (Lipinski definition) is 4. The van der Waals surface area contributed by atoms with Crippen LogP contribution in [0.25, 0.3) is 0 Å². The van der Waals surface area contributed by atoms with E-state index in [2.05, 4.69) is 5.32 Å². The molecule has 1 saturated heterocycles. The SMILES string of the molecule is CCOC(=O)CC(C)NC(C)C(=O)N1CCCC1. The molecule has 2 atom stereocenters. The number of esters is 1. The summed E-state index contributed by atoms with van der Waals surface area (Å²) in [5, 5.41) is 3.15. The van der Waals surface area contributed by atoms with Gasteiger partial charge >= 0.3 is 5.97 Å². The molecule has 1 N–H and O–H groups in total. The van der Waals surface area contributed by atoms with E-state index in [0.29, 0.717) is 13.0 Å². The number of carbonyl (C=O) groups excluding carboxylic acids is 2. The largest absolute Gasteiger partial charge is 0.466 e. The van der Waals surface area contributed by atoms with E-state index in [-0.39, 0.29) is 24.0 Å². The second kappa shape index (κ2) is 7.36. The Kier molecular flexibility index (Phi) is 6.12. The van der Waals surface area contributed by atoms with Gasteiger partial charge in [-0.2, -0.15) is 0 Å². The first-order valence-electron chi connectivity index (χ1n) is 6.75. The first-order chi connectivity index (χ1) is 8.54. The summed E-state index contributed by atoms with van der Waals surface area (Å²) in [5.41, 5.74) is 0. The van der Waals surface area contributed by atoms with Crippen molar-refractivity contribution in [3.05, 3.63) is 0 Å². The van der Waals surface area contributed by atoms with E-state index in [1.165, 1.54) is 0 Å². The van der Waals surface area contributed by atoms with Gasteiger partial charge in [0.25, 0.3) is 0 Å². The molecule has 0 aromatic rings. The Morgan fingerprint density at radius 2 is 1.89 bits per heavy atom. The van der Waals surface area contributed by atoms with E-state index in [9.17, 15) is 9.59 Å². The molecule has 5 nitrogen and oxygen atoms in total. The van der Waals surface area contributed by atoms with Crippen molar-refractivity contribution in [2.24, 2.45) is 0 Å². The van der Waals surface area contributed by atoms with Crippen molar-refractivity contribution >= 4 is 11.9 Å². The van der Waals surface area contributed by atoms with E-state index < -0.39 is 0 Å². The third-order valence-electron chi connectivity index (χ3n) is 3.10. The second-order valence-electron chi connectivity index (χ2n) is 4.83. The molecule has 18 heavy (non-hydrogen) atoms. The minimum Gasteiger partial charge on any atom is -0.466 e. The molecule has 104 valence electrons. The minimum absolute atomic E-state index is 0.0504. The number of ether oxygens (including phenoxy) is 1. The number of amides is 1. The van der Waals surface area contributed by atoms with E-state index in [0.717, 1.165) is 25.9 Å². The Morgan fingerprint density at radius 3 is 2.44 bits per heavy atom. The fourth-order valence-corrected chi connectivity index (χ4v) is 2.24. The van der Waals surface area contributed by atoms with Gasteiger partial charge in [0, 0.05) is 19.1 Å². The van der Waals surface area contributed by atoms with Crippen LogP contribution in [0.3, 0.4) is 0 Å². The molecule has 1 aliphatic rings. The van der Waals surface area contributed by atoms with E-state index >= 15 is 0 Å². The van der Waals surface area contributed by atoms with Crippen molar-refractivity contribution in [3.8, 4) is 0 Å². The van der Waals surface area contributed by atoms with Gasteiger partial charge in [0.05, 0.1) is 19.1 Å². The predicted molar refractivity (Wildman–Crippen MR) is 69.1 cm³/mol. The first-order valence-corrected chi connectivity index (χ1v) is 6.75. The summed E-state index contributed by atoms with van der Waals surface area (Å²) in [7, 11) is 0. The highest BCUT2D eigenvalue weighted by Crippen LogP contribution is 2.09. The normalized spacial score (nSPS) is 18.5. The third kappa shape index (κ3) is 4.64. The number of rotatable bonds is 6. The number of likely N-dealkylation sites (tertiary alicyclic amines) is 1. The van der Waals surface area contributed by atoms with Crippen molar-refractivity contribution in [2.75, 3.05) is 19.7 Å². The first kappa shape index (κ1) is 15.0. The van der Waals surface area contributed by atoms with Crippen LogP contribution in [0.2, 0.25) is 0 Å². The van der Waals surface area contributed by atoms with Crippen LogP contribution in [0.15, 0.2) is 0 Å². The van der Waals surface area contributed by atoms with Crippen LogP contribution >= 0.6 is 0 Å². The number of carbonyl (C=O) groups is 2. The molecule has 0 spiro atoms. The minimum atomic E-state index is -0.243. The highest BCUT2D eigenvalue weighted by molar-refractivity contribution is 5.81. The number of nitrogens with zero attached hydrogens (tertiary/aromatic N) is 1. The summed E-state index contributed by atoms with van der Waals surface area (Å²) in [6.07, 6.45) is 2.49. The lowest BCUT2D eigenvalue weighted by Crippen LogP contribution is -2.47. The predicted octanol–water partition coefficient (Wildman–Crippen LogP) is 0.929. The topological polar surface area (TPSA) is 58.6 Å². The molecule has 1 fully saturated rings. The number of hydrogen-bond donors (Lipinski definition) is 1. The molecular weight excluding hydrogens is 232 g/mol. The van der Waals surface area contributed by atoms with Gasteiger partial charge in [-0.25, -0.2) is 0 Å². The van der Waals surface area contributed by atoms with Crippen LogP contribution in [0.5, 0.6) is 0 Å². The fraction of sp³-hybridized carbons (Fsp3) is 0.846. The molecule has 0 bridgehead atoms. The van der Waals surface area contributed by atoms with Gasteiger partial charge < -0.3 is 15.0 Å². The molecule has 1 rings (SSSR count). The van der Waals surface area contributed by atoms with Crippen LogP contribution in [0, 0.1) is 0 Å². The molecule has 1 aliphatic heterocycles. The summed E-state index contributed by atoms with van der Waals surface area (Å²) in [5.74, 6) is -0.0958. The molecule has 0 aromatic heterocycles. The van der Waals surface area contributed by atoms with Crippen LogP contribution in [0.4, 0.5) is 0 Å². The van der Waals surface area contributed by atoms with Crippen molar-refractivity contribution in [1.29, 1.82) is 0 Å². The second-order valence-corrected chi connectivity index (χ2v) is 4.83. The van der Waals surface area contributed by atoms with E-state index in [1.807, 2.05) is 18.7 Å². The summed E-state index contributed by atoms with van der Waals surface area (Å²) in [6, 6.07) is -0.293. The van der Waals surface area contributed by atoms with Crippen molar-refractivity contribution in [3.63, 3.8) is 0 Å². The molecule has 1 heterocycles. The summed E-state index contributed by atoms with van der Waals surface area (Å²) < 4.78 is 4.88. The molecule has 5 heteroatoms. The maximum atomic E-state index is 12.0. The average Bonchev–Trinajstić information content (AvgIpc) is 2.81. The fourth-order valence-electron chi connectivity index (χ4n) is 2.24.